The van der Waals surface area contributed by atoms with E-state index in [0.717, 1.165) is 25.7 Å². The molecule has 0 radical (unpaired) electrons. The van der Waals surface area contributed by atoms with Gasteiger partial charge in [0, 0.05) is 12.1 Å². The van der Waals surface area contributed by atoms with Crippen LogP contribution in [0, 0.1) is 5.92 Å². The molecule has 1 saturated carbocycles. The van der Waals surface area contributed by atoms with Crippen LogP contribution in [0.25, 0.3) is 0 Å². The van der Waals surface area contributed by atoms with Gasteiger partial charge >= 0.3 is 5.97 Å². The van der Waals surface area contributed by atoms with Crippen LogP contribution in [0.1, 0.15) is 69.2 Å². The second kappa shape index (κ2) is 12.9. The van der Waals surface area contributed by atoms with Crippen LogP contribution >= 0.6 is 0 Å². The summed E-state index contributed by atoms with van der Waals surface area (Å²) >= 11 is 0. The van der Waals surface area contributed by atoms with Crippen molar-refractivity contribution in [2.24, 2.45) is 5.92 Å². The van der Waals surface area contributed by atoms with Crippen LogP contribution in [0.4, 0.5) is 0 Å². The van der Waals surface area contributed by atoms with E-state index in [1.165, 1.54) is 26.2 Å². The Morgan fingerprint density at radius 2 is 1.77 bits per heavy atom. The van der Waals surface area contributed by atoms with E-state index >= 15 is 0 Å². The van der Waals surface area contributed by atoms with Gasteiger partial charge in [-0.15, -0.1) is 0 Å². The normalized spacial score (nSPS) is 15.1. The lowest BCUT2D eigenvalue weighted by Gasteiger charge is -2.22. The van der Waals surface area contributed by atoms with Gasteiger partial charge in [-0.3, -0.25) is 14.4 Å². The Bertz CT molecular complexity index is 683. The third kappa shape index (κ3) is 8.43. The van der Waals surface area contributed by atoms with E-state index in [-0.39, 0.29) is 18.4 Å². The summed E-state index contributed by atoms with van der Waals surface area (Å²) in [4.78, 5) is 36.3. The number of hydrogen-bond acceptors (Lipinski definition) is 5. The van der Waals surface area contributed by atoms with Crippen molar-refractivity contribution in [3.8, 4) is 5.75 Å². The lowest BCUT2D eigenvalue weighted by molar-refractivity contribution is -0.153. The maximum Gasteiger partial charge on any atom is 0.326 e. The van der Waals surface area contributed by atoms with Crippen LogP contribution in [-0.2, 0) is 14.3 Å². The molecule has 1 unspecified atom stereocenters. The highest BCUT2D eigenvalue weighted by atomic mass is 16.5. The molecule has 2 amide bonds. The van der Waals surface area contributed by atoms with Crippen molar-refractivity contribution in [2.45, 2.75) is 64.9 Å². The summed E-state index contributed by atoms with van der Waals surface area (Å²) in [6, 6.07) is 6.73. The predicted octanol–water partition coefficient (Wildman–Crippen LogP) is 3.22. The fourth-order valence-corrected chi connectivity index (χ4v) is 3.36. The van der Waals surface area contributed by atoms with Crippen molar-refractivity contribution >= 4 is 17.8 Å². The zero-order chi connectivity index (χ0) is 21.8. The minimum absolute atomic E-state index is 0.298. The largest absolute Gasteiger partial charge is 0.494 e. The van der Waals surface area contributed by atoms with Gasteiger partial charge in [0.05, 0.1) is 6.61 Å². The summed E-state index contributed by atoms with van der Waals surface area (Å²) in [5.41, 5.74) is 0.420. The van der Waals surface area contributed by atoms with Crippen LogP contribution in [0.2, 0.25) is 0 Å². The van der Waals surface area contributed by atoms with E-state index in [4.69, 9.17) is 9.47 Å². The van der Waals surface area contributed by atoms with Gasteiger partial charge in [-0.1, -0.05) is 32.6 Å². The monoisotopic (exact) mass is 418 g/mol. The van der Waals surface area contributed by atoms with Gasteiger partial charge in [0.25, 0.3) is 11.8 Å². The van der Waals surface area contributed by atoms with Gasteiger partial charge in [-0.2, -0.15) is 0 Å². The minimum atomic E-state index is -0.891. The van der Waals surface area contributed by atoms with Crippen LogP contribution in [-0.4, -0.2) is 43.6 Å². The van der Waals surface area contributed by atoms with E-state index < -0.39 is 12.1 Å². The zero-order valence-electron chi connectivity index (χ0n) is 18.1. The quantitative estimate of drug-likeness (QED) is 0.425. The Labute approximate surface area is 178 Å². The van der Waals surface area contributed by atoms with E-state index in [0.29, 0.717) is 30.4 Å². The number of nitrogens with one attached hydrogen (secondary N) is 2. The molecule has 7 heteroatoms. The number of ether oxygens (including phenoxy) is 2. The minimum Gasteiger partial charge on any atom is -0.494 e. The molecular weight excluding hydrogens is 384 g/mol. The molecule has 7 nitrogen and oxygen atoms in total. The fourth-order valence-electron chi connectivity index (χ4n) is 3.36. The number of benzene rings is 1. The summed E-state index contributed by atoms with van der Waals surface area (Å²) in [6.07, 6.45) is 7.08. The molecule has 0 spiro atoms. The molecule has 1 aromatic rings. The maximum absolute atomic E-state index is 12.2. The summed E-state index contributed by atoms with van der Waals surface area (Å²) in [5, 5.41) is 5.37. The third-order valence-corrected chi connectivity index (χ3v) is 5.24. The highest BCUT2D eigenvalue weighted by Crippen LogP contribution is 2.22. The smallest absolute Gasteiger partial charge is 0.326 e. The number of carbonyl (C=O) groups is 3. The van der Waals surface area contributed by atoms with Crippen molar-refractivity contribution < 1.29 is 23.9 Å². The number of amides is 2. The van der Waals surface area contributed by atoms with Gasteiger partial charge < -0.3 is 20.1 Å². The van der Waals surface area contributed by atoms with E-state index in [9.17, 15) is 14.4 Å². The maximum atomic E-state index is 12.2. The molecule has 2 rings (SSSR count). The van der Waals surface area contributed by atoms with E-state index in [1.54, 1.807) is 24.3 Å². The molecule has 0 heterocycles. The second-order valence-corrected chi connectivity index (χ2v) is 7.79. The molecule has 0 aliphatic heterocycles. The molecule has 0 bridgehead atoms. The first-order chi connectivity index (χ1) is 14.5. The van der Waals surface area contributed by atoms with Gasteiger partial charge in [0.1, 0.15) is 12.3 Å². The topological polar surface area (TPSA) is 93.7 Å². The number of rotatable bonds is 11. The predicted molar refractivity (Wildman–Crippen MR) is 114 cm³/mol. The molecule has 1 fully saturated rings. The second-order valence-electron chi connectivity index (χ2n) is 7.79. The highest BCUT2D eigenvalue weighted by molar-refractivity contribution is 5.96. The lowest BCUT2D eigenvalue weighted by atomic mass is 9.89. The van der Waals surface area contributed by atoms with Gasteiger partial charge in [0.2, 0.25) is 0 Å². The molecule has 1 aliphatic carbocycles. The first-order valence-corrected chi connectivity index (χ1v) is 11.0. The van der Waals surface area contributed by atoms with Crippen molar-refractivity contribution in [2.75, 3.05) is 19.7 Å². The van der Waals surface area contributed by atoms with Crippen molar-refractivity contribution in [1.82, 2.24) is 10.6 Å². The molecule has 1 aromatic carbocycles. The number of carbonyl (C=O) groups excluding carboxylic acids is 3. The average Bonchev–Trinajstić information content (AvgIpc) is 2.77. The SMILES string of the molecule is CCCCOc1ccc(C(=O)NCC(=O)OC(C)C(=O)NCC2CCCCC2)cc1. The molecular formula is C23H34N2O5. The Kier molecular flexibility index (Phi) is 10.2. The first-order valence-electron chi connectivity index (χ1n) is 11.0. The molecule has 1 atom stereocenters. The number of esters is 1. The lowest BCUT2D eigenvalue weighted by Crippen LogP contribution is -2.40. The Morgan fingerprint density at radius 1 is 1.07 bits per heavy atom. The zero-order valence-corrected chi connectivity index (χ0v) is 18.1. The van der Waals surface area contributed by atoms with Gasteiger partial charge in [-0.05, 0) is 56.4 Å². The molecule has 0 aromatic heterocycles. The van der Waals surface area contributed by atoms with Crippen molar-refractivity contribution in [3.63, 3.8) is 0 Å². The summed E-state index contributed by atoms with van der Waals surface area (Å²) in [5.74, 6) is -0.135. The van der Waals surface area contributed by atoms with Crippen LogP contribution in [0.3, 0.4) is 0 Å². The molecule has 30 heavy (non-hydrogen) atoms. The van der Waals surface area contributed by atoms with Crippen molar-refractivity contribution in [3.05, 3.63) is 29.8 Å². The summed E-state index contributed by atoms with van der Waals surface area (Å²) < 4.78 is 10.7. The first kappa shape index (κ1) is 23.7. The highest BCUT2D eigenvalue weighted by Gasteiger charge is 2.20. The Morgan fingerprint density at radius 3 is 2.43 bits per heavy atom. The third-order valence-electron chi connectivity index (χ3n) is 5.24. The van der Waals surface area contributed by atoms with Crippen molar-refractivity contribution in [1.29, 1.82) is 0 Å². The molecule has 1 aliphatic rings. The van der Waals surface area contributed by atoms with Crippen LogP contribution < -0.4 is 15.4 Å². The average molecular weight is 419 g/mol. The molecule has 2 N–H and O–H groups in total. The number of hydrogen-bond donors (Lipinski definition) is 2. The molecule has 0 saturated heterocycles. The fraction of sp³-hybridized carbons (Fsp3) is 0.609. The van der Waals surface area contributed by atoms with Gasteiger partial charge in [0.15, 0.2) is 6.10 Å². The summed E-state index contributed by atoms with van der Waals surface area (Å²) in [6.45, 7) is 4.59. The van der Waals surface area contributed by atoms with E-state index in [2.05, 4.69) is 17.6 Å². The standard InChI is InChI=1S/C23H34N2O5/c1-3-4-14-29-20-12-10-19(11-13-20)23(28)25-16-21(26)30-17(2)22(27)24-15-18-8-6-5-7-9-18/h10-13,17-18H,3-9,14-16H2,1-2H3,(H,24,27)(H,25,28). The Balaban J connectivity index is 1.67. The summed E-state index contributed by atoms with van der Waals surface area (Å²) in [7, 11) is 0. The van der Waals surface area contributed by atoms with Gasteiger partial charge in [-0.25, -0.2) is 0 Å². The Hall–Kier alpha value is -2.57. The van der Waals surface area contributed by atoms with Crippen LogP contribution in [0.15, 0.2) is 24.3 Å². The van der Waals surface area contributed by atoms with Crippen LogP contribution in [0.5, 0.6) is 5.75 Å². The number of unbranched alkanes of at least 4 members (excludes halogenated alkanes) is 1. The molecule has 166 valence electrons. The van der Waals surface area contributed by atoms with E-state index in [1.807, 2.05) is 0 Å².